The average Bonchev–Trinajstić information content (AvgIpc) is 2.90. The molecule has 0 aromatic heterocycles. The quantitative estimate of drug-likeness (QED) is 0.410. The smallest absolute Gasteiger partial charge is 0.313 e. The maximum atomic E-state index is 13.7. The van der Waals surface area contributed by atoms with Gasteiger partial charge in [-0.05, 0) is 48.9 Å². The number of rotatable bonds is 10. The second-order valence-corrected chi connectivity index (χ2v) is 11.8. The monoisotopic (exact) mass is 508 g/mol. The van der Waals surface area contributed by atoms with Gasteiger partial charge in [-0.15, -0.1) is 23.5 Å². The third-order valence-electron chi connectivity index (χ3n) is 5.99. The molecule has 2 aromatic carbocycles. The molecule has 0 saturated carbocycles. The molecule has 0 fully saturated rings. The minimum Gasteiger partial charge on any atom is -0.481 e. The molecule has 0 bridgehead atoms. The summed E-state index contributed by atoms with van der Waals surface area (Å²) in [5.74, 6) is -0.471. The molecule has 1 heterocycles. The first-order valence-corrected chi connectivity index (χ1v) is 15.0. The molecule has 1 aliphatic heterocycles. The molecule has 0 amide bonds. The van der Waals surface area contributed by atoms with E-state index in [1.54, 1.807) is 17.8 Å². The van der Waals surface area contributed by atoms with Crippen molar-refractivity contribution in [2.75, 3.05) is 23.5 Å². The van der Waals surface area contributed by atoms with Gasteiger partial charge in [-0.3, -0.25) is 4.79 Å². The number of anilines is 2. The summed E-state index contributed by atoms with van der Waals surface area (Å²) in [5.41, 5.74) is 1.87. The van der Waals surface area contributed by atoms with Crippen LogP contribution in [0.2, 0.25) is 0 Å². The van der Waals surface area contributed by atoms with Crippen molar-refractivity contribution in [2.24, 2.45) is 0 Å². The first-order chi connectivity index (χ1) is 15.7. The fourth-order valence-corrected chi connectivity index (χ4v) is 7.36. The lowest BCUT2D eigenvalue weighted by atomic mass is 9.89. The number of carbonyl (C=O) groups is 1. The Bertz CT molecular complexity index is 1080. The molecular weight excluding hydrogens is 476 g/mol. The zero-order valence-corrected chi connectivity index (χ0v) is 21.8. The van der Waals surface area contributed by atoms with Crippen molar-refractivity contribution >= 4 is 50.9 Å². The molecule has 2 aromatic rings. The number of thioether (sulfide) groups is 2. The molecule has 0 unspecified atom stereocenters. The number of carboxylic acid groups (broad SMARTS) is 1. The topological polar surface area (TPSA) is 86.7 Å². The first kappa shape index (κ1) is 25.9. The van der Waals surface area contributed by atoms with Crippen LogP contribution in [0.1, 0.15) is 45.1 Å². The van der Waals surface area contributed by atoms with Crippen molar-refractivity contribution in [3.8, 4) is 0 Å². The van der Waals surface area contributed by atoms with Gasteiger partial charge in [0.1, 0.15) is 4.90 Å². The third kappa shape index (κ3) is 6.07. The highest BCUT2D eigenvalue weighted by molar-refractivity contribution is 7.99. The van der Waals surface area contributed by atoms with Gasteiger partial charge in [0.2, 0.25) is 10.0 Å². The molecule has 2 N–H and O–H groups in total. The second kappa shape index (κ2) is 11.2. The van der Waals surface area contributed by atoms with Crippen molar-refractivity contribution in [3.05, 3.63) is 48.0 Å². The fraction of sp³-hybridized carbons (Fsp3) is 0.458. The van der Waals surface area contributed by atoms with Crippen LogP contribution in [0, 0.1) is 0 Å². The fourth-order valence-electron chi connectivity index (χ4n) is 4.17. The normalized spacial score (nSPS) is 19.7. The summed E-state index contributed by atoms with van der Waals surface area (Å²) in [5, 5.41) is 9.01. The summed E-state index contributed by atoms with van der Waals surface area (Å²) < 4.78 is 30.5. The predicted octanol–water partition coefficient (Wildman–Crippen LogP) is 5.50. The summed E-state index contributed by atoms with van der Waals surface area (Å²) in [7, 11) is -3.78. The van der Waals surface area contributed by atoms with Crippen molar-refractivity contribution in [1.29, 1.82) is 0 Å². The summed E-state index contributed by atoms with van der Waals surface area (Å²) in [6.45, 7) is 4.70. The van der Waals surface area contributed by atoms with Gasteiger partial charge in [-0.25, -0.2) is 13.1 Å². The van der Waals surface area contributed by atoms with E-state index in [4.69, 9.17) is 5.11 Å². The standard InChI is InChI=1S/C24H32N2O4S3/c1-4-6-12-24(5-2)17-26(19-10-8-7-9-11-19)20-14-21(31-3)18(15-32-16-23(27)28)13-22(20)33(29,30)25-24/h7-11,13-14,25H,4-6,12,15-17H2,1-3H3,(H,27,28)/t24-/m0/s1. The molecule has 0 aliphatic carbocycles. The van der Waals surface area contributed by atoms with Gasteiger partial charge < -0.3 is 10.0 Å². The van der Waals surface area contributed by atoms with Crippen LogP contribution in [0.4, 0.5) is 11.4 Å². The Labute approximate surface area is 205 Å². The van der Waals surface area contributed by atoms with Crippen molar-refractivity contribution < 1.29 is 18.3 Å². The van der Waals surface area contributed by atoms with Gasteiger partial charge >= 0.3 is 5.97 Å². The van der Waals surface area contributed by atoms with Crippen LogP contribution >= 0.6 is 23.5 Å². The summed E-state index contributed by atoms with van der Waals surface area (Å²) in [6.07, 6.45) is 5.32. The number of fused-ring (bicyclic) bond motifs is 1. The SMILES string of the molecule is CCCC[C@@]1(CC)CN(c2ccccc2)c2cc(SC)c(CSCC(=O)O)cc2S(=O)(=O)N1. The van der Waals surface area contributed by atoms with Crippen LogP contribution < -0.4 is 9.62 Å². The lowest BCUT2D eigenvalue weighted by Gasteiger charge is -2.36. The maximum absolute atomic E-state index is 13.7. The van der Waals surface area contributed by atoms with Gasteiger partial charge in [-0.2, -0.15) is 0 Å². The Hall–Kier alpha value is -1.68. The van der Waals surface area contributed by atoms with E-state index in [1.165, 1.54) is 11.8 Å². The van der Waals surface area contributed by atoms with E-state index < -0.39 is 21.5 Å². The molecule has 1 atom stereocenters. The van der Waals surface area contributed by atoms with Gasteiger partial charge in [0.25, 0.3) is 0 Å². The Morgan fingerprint density at radius 2 is 1.94 bits per heavy atom. The number of nitrogens with zero attached hydrogens (tertiary/aromatic N) is 1. The Kier molecular flexibility index (Phi) is 8.77. The first-order valence-electron chi connectivity index (χ1n) is 11.1. The van der Waals surface area contributed by atoms with Crippen LogP contribution in [-0.2, 0) is 20.6 Å². The molecule has 6 nitrogen and oxygen atoms in total. The molecule has 0 radical (unpaired) electrons. The number of nitrogens with one attached hydrogen (secondary N) is 1. The van der Waals surface area contributed by atoms with E-state index >= 15 is 0 Å². The number of hydrogen-bond donors (Lipinski definition) is 2. The van der Waals surface area contributed by atoms with Gasteiger partial charge in [0.05, 0.1) is 17.0 Å². The highest BCUT2D eigenvalue weighted by atomic mass is 32.2. The number of sulfonamides is 1. The van der Waals surface area contributed by atoms with Crippen LogP contribution in [0.3, 0.4) is 0 Å². The van der Waals surface area contributed by atoms with Crippen molar-refractivity contribution in [1.82, 2.24) is 4.72 Å². The van der Waals surface area contributed by atoms with E-state index in [9.17, 15) is 13.2 Å². The van der Waals surface area contributed by atoms with E-state index in [2.05, 4.69) is 16.5 Å². The summed E-state index contributed by atoms with van der Waals surface area (Å²) in [6, 6.07) is 13.6. The number of aliphatic carboxylic acids is 1. The highest BCUT2D eigenvalue weighted by Gasteiger charge is 2.41. The van der Waals surface area contributed by atoms with E-state index in [0.717, 1.165) is 35.4 Å². The number of carboxylic acids is 1. The maximum Gasteiger partial charge on any atom is 0.313 e. The van der Waals surface area contributed by atoms with Crippen molar-refractivity contribution in [2.45, 2.75) is 60.6 Å². The van der Waals surface area contributed by atoms with Gasteiger partial charge in [0.15, 0.2) is 0 Å². The lowest BCUT2D eigenvalue weighted by Crippen LogP contribution is -2.52. The van der Waals surface area contributed by atoms with Gasteiger partial charge in [0, 0.05) is 22.9 Å². The molecular formula is C24H32N2O4S3. The van der Waals surface area contributed by atoms with E-state index in [1.807, 2.05) is 49.6 Å². The molecule has 0 spiro atoms. The number of para-hydroxylation sites is 1. The molecule has 9 heteroatoms. The van der Waals surface area contributed by atoms with Crippen LogP contribution in [0.5, 0.6) is 0 Å². The van der Waals surface area contributed by atoms with Crippen LogP contribution in [-0.4, -0.2) is 43.6 Å². The largest absolute Gasteiger partial charge is 0.481 e. The number of unbranched alkanes of at least 4 members (excludes halogenated alkanes) is 1. The Balaban J connectivity index is 2.18. The molecule has 3 rings (SSSR count). The Morgan fingerprint density at radius 3 is 2.55 bits per heavy atom. The van der Waals surface area contributed by atoms with E-state index in [0.29, 0.717) is 24.4 Å². The lowest BCUT2D eigenvalue weighted by molar-refractivity contribution is -0.133. The minimum atomic E-state index is -3.78. The molecule has 1 aliphatic rings. The van der Waals surface area contributed by atoms with Crippen LogP contribution in [0.15, 0.2) is 52.3 Å². The molecule has 0 saturated heterocycles. The predicted molar refractivity (Wildman–Crippen MR) is 138 cm³/mol. The molecule has 180 valence electrons. The van der Waals surface area contributed by atoms with Crippen LogP contribution in [0.25, 0.3) is 0 Å². The zero-order chi connectivity index (χ0) is 24.1. The summed E-state index contributed by atoms with van der Waals surface area (Å²) >= 11 is 2.82. The number of hydrogen-bond acceptors (Lipinski definition) is 6. The Morgan fingerprint density at radius 1 is 1.21 bits per heavy atom. The number of benzene rings is 2. The zero-order valence-electron chi connectivity index (χ0n) is 19.3. The molecule has 33 heavy (non-hydrogen) atoms. The summed E-state index contributed by atoms with van der Waals surface area (Å²) in [4.78, 5) is 14.3. The second-order valence-electron chi connectivity index (χ2n) is 8.28. The average molecular weight is 509 g/mol. The van der Waals surface area contributed by atoms with E-state index in [-0.39, 0.29) is 10.6 Å². The minimum absolute atomic E-state index is 0.0258. The van der Waals surface area contributed by atoms with Gasteiger partial charge in [-0.1, -0.05) is 44.9 Å². The van der Waals surface area contributed by atoms with Crippen molar-refractivity contribution in [3.63, 3.8) is 0 Å². The highest BCUT2D eigenvalue weighted by Crippen LogP contribution is 2.42. The third-order valence-corrected chi connectivity index (χ3v) is 9.38.